The van der Waals surface area contributed by atoms with Crippen LogP contribution in [0.2, 0.25) is 0 Å². The molecule has 1 atom stereocenters. The fraction of sp³-hybridized carbons (Fsp3) is 0.542. The Morgan fingerprint density at radius 2 is 2.03 bits per heavy atom. The molecule has 158 valence electrons. The molecule has 1 aliphatic rings. The van der Waals surface area contributed by atoms with Crippen molar-refractivity contribution in [1.29, 1.82) is 0 Å². The van der Waals surface area contributed by atoms with Crippen LogP contribution in [0.15, 0.2) is 30.3 Å². The number of carbonyl (C=O) groups excluding carboxylic acids is 1. The molecular weight excluding hydrogens is 362 g/mol. The maximum absolute atomic E-state index is 13.0. The number of aromatic nitrogens is 1. The van der Waals surface area contributed by atoms with E-state index in [1.165, 1.54) is 18.4 Å². The Morgan fingerprint density at radius 1 is 1.28 bits per heavy atom. The molecule has 0 bridgehead atoms. The highest BCUT2D eigenvalue weighted by molar-refractivity contribution is 5.95. The second-order valence-electron chi connectivity index (χ2n) is 8.40. The lowest BCUT2D eigenvalue weighted by Crippen LogP contribution is -2.42. The van der Waals surface area contributed by atoms with Crippen molar-refractivity contribution in [1.82, 2.24) is 14.4 Å². The summed E-state index contributed by atoms with van der Waals surface area (Å²) in [6, 6.07) is 10.3. The van der Waals surface area contributed by atoms with Gasteiger partial charge in [-0.2, -0.15) is 0 Å². The molecule has 0 radical (unpaired) electrons. The molecule has 0 spiro atoms. The number of piperidine rings is 1. The third-order valence-electron chi connectivity index (χ3n) is 6.38. The normalized spacial score (nSPS) is 17.3. The quantitative estimate of drug-likeness (QED) is 0.715. The molecule has 5 heteroatoms. The topological polar surface area (TPSA) is 37.7 Å². The third kappa shape index (κ3) is 5.02. The number of methoxy groups -OCH3 is 1. The maximum atomic E-state index is 13.0. The molecule has 2 aromatic rings. The van der Waals surface area contributed by atoms with Crippen LogP contribution in [0, 0.1) is 19.8 Å². The number of hydrogen-bond donors (Lipinski definition) is 0. The summed E-state index contributed by atoms with van der Waals surface area (Å²) in [6.45, 7) is 8.11. The van der Waals surface area contributed by atoms with Crippen molar-refractivity contribution in [3.8, 4) is 5.75 Å². The minimum absolute atomic E-state index is 0.136. The highest BCUT2D eigenvalue weighted by Crippen LogP contribution is 2.22. The molecule has 3 rings (SSSR count). The zero-order chi connectivity index (χ0) is 21.0. The number of aryl methyl sites for hydroxylation is 1. The van der Waals surface area contributed by atoms with Crippen LogP contribution in [-0.2, 0) is 13.5 Å². The van der Waals surface area contributed by atoms with Gasteiger partial charge < -0.3 is 19.1 Å². The number of likely N-dealkylation sites (tertiary alicyclic amines) is 1. The van der Waals surface area contributed by atoms with Gasteiger partial charge in [0.25, 0.3) is 5.91 Å². The first-order valence-electron chi connectivity index (χ1n) is 10.6. The molecule has 1 aromatic heterocycles. The number of carbonyl (C=O) groups is 1. The zero-order valence-corrected chi connectivity index (χ0v) is 18.6. The van der Waals surface area contributed by atoms with Crippen molar-refractivity contribution in [3.05, 3.63) is 52.8 Å². The van der Waals surface area contributed by atoms with Gasteiger partial charge >= 0.3 is 0 Å². The van der Waals surface area contributed by atoms with Crippen LogP contribution < -0.4 is 4.74 Å². The Hall–Kier alpha value is -2.27. The van der Waals surface area contributed by atoms with E-state index in [2.05, 4.69) is 21.6 Å². The summed E-state index contributed by atoms with van der Waals surface area (Å²) in [7, 11) is 5.69. The first kappa shape index (κ1) is 21.4. The summed E-state index contributed by atoms with van der Waals surface area (Å²) in [5.41, 5.74) is 4.26. The van der Waals surface area contributed by atoms with Gasteiger partial charge in [-0.05, 0) is 63.3 Å². The molecule has 29 heavy (non-hydrogen) atoms. The fourth-order valence-corrected chi connectivity index (χ4v) is 4.44. The second kappa shape index (κ2) is 9.49. The standard InChI is InChI=1S/C24H35N3O2/c1-18-15-22(19(2)26(18)4)24(28)25(3)16-20-9-8-13-27(17-20)14-12-21-10-6-7-11-23(21)29-5/h6-7,10-11,15,20H,8-9,12-14,16-17H2,1-5H3/t20-/m0/s1. The van der Waals surface area contributed by atoms with E-state index < -0.39 is 0 Å². The van der Waals surface area contributed by atoms with Gasteiger partial charge in [0.1, 0.15) is 5.75 Å². The van der Waals surface area contributed by atoms with Gasteiger partial charge in [0.15, 0.2) is 0 Å². The van der Waals surface area contributed by atoms with Gasteiger partial charge in [-0.1, -0.05) is 18.2 Å². The number of ether oxygens (including phenoxy) is 1. The summed E-state index contributed by atoms with van der Waals surface area (Å²) >= 11 is 0. The number of benzene rings is 1. The second-order valence-corrected chi connectivity index (χ2v) is 8.40. The molecule has 5 nitrogen and oxygen atoms in total. The molecule has 1 aliphatic heterocycles. The van der Waals surface area contributed by atoms with Crippen LogP contribution in [0.5, 0.6) is 5.75 Å². The van der Waals surface area contributed by atoms with E-state index in [-0.39, 0.29) is 5.91 Å². The van der Waals surface area contributed by atoms with E-state index in [1.54, 1.807) is 7.11 Å². The van der Waals surface area contributed by atoms with Crippen molar-refractivity contribution in [2.75, 3.05) is 40.3 Å². The van der Waals surface area contributed by atoms with E-state index in [4.69, 9.17) is 4.74 Å². The van der Waals surface area contributed by atoms with Gasteiger partial charge in [-0.15, -0.1) is 0 Å². The monoisotopic (exact) mass is 397 g/mol. The Bertz CT molecular complexity index is 843. The van der Waals surface area contributed by atoms with E-state index in [9.17, 15) is 4.79 Å². The molecule has 0 N–H and O–H groups in total. The number of rotatable bonds is 7. The predicted octanol–water partition coefficient (Wildman–Crippen LogP) is 3.68. The number of hydrogen-bond acceptors (Lipinski definition) is 3. The summed E-state index contributed by atoms with van der Waals surface area (Å²) in [4.78, 5) is 17.4. The average Bonchev–Trinajstić information content (AvgIpc) is 2.99. The molecule has 1 aromatic carbocycles. The Morgan fingerprint density at radius 3 is 2.72 bits per heavy atom. The molecule has 1 amide bonds. The average molecular weight is 398 g/mol. The molecular formula is C24H35N3O2. The van der Waals surface area contributed by atoms with E-state index in [0.717, 1.165) is 55.3 Å². The molecule has 1 fully saturated rings. The number of para-hydroxylation sites is 1. The lowest BCUT2D eigenvalue weighted by Gasteiger charge is -2.34. The predicted molar refractivity (Wildman–Crippen MR) is 118 cm³/mol. The lowest BCUT2D eigenvalue weighted by atomic mass is 9.96. The van der Waals surface area contributed by atoms with Crippen molar-refractivity contribution < 1.29 is 9.53 Å². The van der Waals surface area contributed by atoms with Crippen LogP contribution >= 0.6 is 0 Å². The smallest absolute Gasteiger partial charge is 0.255 e. The molecule has 0 saturated carbocycles. The van der Waals surface area contributed by atoms with Crippen molar-refractivity contribution in [3.63, 3.8) is 0 Å². The van der Waals surface area contributed by atoms with Gasteiger partial charge in [0.2, 0.25) is 0 Å². The summed E-state index contributed by atoms with van der Waals surface area (Å²) in [5, 5.41) is 0. The van der Waals surface area contributed by atoms with Crippen LogP contribution in [0.4, 0.5) is 0 Å². The van der Waals surface area contributed by atoms with Crippen LogP contribution in [0.25, 0.3) is 0 Å². The zero-order valence-electron chi connectivity index (χ0n) is 18.6. The van der Waals surface area contributed by atoms with Crippen molar-refractivity contribution in [2.45, 2.75) is 33.1 Å². The maximum Gasteiger partial charge on any atom is 0.255 e. The van der Waals surface area contributed by atoms with Crippen LogP contribution in [0.1, 0.15) is 40.2 Å². The van der Waals surface area contributed by atoms with Crippen molar-refractivity contribution in [2.24, 2.45) is 13.0 Å². The Kier molecular flexibility index (Phi) is 7.01. The Balaban J connectivity index is 1.55. The number of nitrogens with zero attached hydrogens (tertiary/aromatic N) is 3. The summed E-state index contributed by atoms with van der Waals surface area (Å²) < 4.78 is 7.57. The first-order valence-corrected chi connectivity index (χ1v) is 10.6. The lowest BCUT2D eigenvalue weighted by molar-refractivity contribution is 0.0729. The van der Waals surface area contributed by atoms with Gasteiger partial charge in [0, 0.05) is 45.1 Å². The minimum atomic E-state index is 0.136. The van der Waals surface area contributed by atoms with E-state index >= 15 is 0 Å². The first-order chi connectivity index (χ1) is 13.9. The Labute approximate surface area is 175 Å². The minimum Gasteiger partial charge on any atom is -0.496 e. The highest BCUT2D eigenvalue weighted by Gasteiger charge is 2.24. The van der Waals surface area contributed by atoms with Gasteiger partial charge in [-0.3, -0.25) is 4.79 Å². The molecule has 2 heterocycles. The third-order valence-corrected chi connectivity index (χ3v) is 6.38. The van der Waals surface area contributed by atoms with Gasteiger partial charge in [0.05, 0.1) is 12.7 Å². The SMILES string of the molecule is COc1ccccc1CCN1CCC[C@@H](CN(C)C(=O)c2cc(C)n(C)c2C)C1. The van der Waals surface area contributed by atoms with E-state index in [0.29, 0.717) is 5.92 Å². The van der Waals surface area contributed by atoms with E-state index in [1.807, 2.05) is 51.0 Å². The summed E-state index contributed by atoms with van der Waals surface area (Å²) in [6.07, 6.45) is 3.38. The van der Waals surface area contributed by atoms with Gasteiger partial charge in [-0.25, -0.2) is 0 Å². The molecule has 0 aliphatic carbocycles. The largest absolute Gasteiger partial charge is 0.496 e. The highest BCUT2D eigenvalue weighted by atomic mass is 16.5. The summed E-state index contributed by atoms with van der Waals surface area (Å²) in [5.74, 6) is 1.64. The van der Waals surface area contributed by atoms with Crippen LogP contribution in [0.3, 0.4) is 0 Å². The number of amides is 1. The van der Waals surface area contributed by atoms with Crippen molar-refractivity contribution >= 4 is 5.91 Å². The van der Waals surface area contributed by atoms with Crippen LogP contribution in [-0.4, -0.2) is 60.6 Å². The fourth-order valence-electron chi connectivity index (χ4n) is 4.44. The molecule has 0 unspecified atom stereocenters. The molecule has 1 saturated heterocycles.